The molecule has 1 unspecified atom stereocenters. The molecule has 1 aliphatic heterocycles. The van der Waals surface area contributed by atoms with Crippen LogP contribution >= 0.6 is 11.6 Å². The maximum Gasteiger partial charge on any atom is 0.275 e. The lowest BCUT2D eigenvalue weighted by Gasteiger charge is -2.23. The number of ether oxygens (including phenoxy) is 3. The van der Waals surface area contributed by atoms with Crippen molar-refractivity contribution in [3.63, 3.8) is 0 Å². The molecule has 0 bridgehead atoms. The van der Waals surface area contributed by atoms with Crippen LogP contribution in [0.5, 0.6) is 17.2 Å². The summed E-state index contributed by atoms with van der Waals surface area (Å²) in [6, 6.07) is 11.4. The maximum absolute atomic E-state index is 13.4. The number of amides is 1. The zero-order valence-electron chi connectivity index (χ0n) is 15.9. The third kappa shape index (κ3) is 2.76. The molecule has 3 aromatic rings. The van der Waals surface area contributed by atoms with Crippen LogP contribution in [0.25, 0.3) is 10.9 Å². The number of hydrogen-bond acceptors (Lipinski definition) is 4. The van der Waals surface area contributed by atoms with Crippen molar-refractivity contribution in [1.29, 1.82) is 0 Å². The lowest BCUT2D eigenvalue weighted by atomic mass is 10.1. The average Bonchev–Trinajstić information content (AvgIpc) is 3.32. The quantitative estimate of drug-likeness (QED) is 0.657. The molecule has 1 aromatic heterocycles. The van der Waals surface area contributed by atoms with Crippen molar-refractivity contribution in [3.8, 4) is 17.2 Å². The first kappa shape index (κ1) is 18.5. The Kier molecular flexibility index (Phi) is 4.81. The smallest absolute Gasteiger partial charge is 0.275 e. The third-order valence-corrected chi connectivity index (χ3v) is 5.48. The molecular formula is C21H21ClN2O4. The summed E-state index contributed by atoms with van der Waals surface area (Å²) in [6.45, 7) is 0. The minimum atomic E-state index is -0.133. The van der Waals surface area contributed by atoms with Crippen LogP contribution in [0.2, 0.25) is 0 Å². The van der Waals surface area contributed by atoms with Crippen LogP contribution in [0.4, 0.5) is 5.69 Å². The number of methoxy groups -OCH3 is 3. The minimum Gasteiger partial charge on any atom is -0.493 e. The van der Waals surface area contributed by atoms with Gasteiger partial charge in [0.1, 0.15) is 5.69 Å². The molecule has 0 spiro atoms. The van der Waals surface area contributed by atoms with E-state index in [1.165, 1.54) is 0 Å². The Morgan fingerprint density at radius 2 is 1.89 bits per heavy atom. The van der Waals surface area contributed by atoms with Gasteiger partial charge in [-0.3, -0.25) is 4.79 Å². The fourth-order valence-electron chi connectivity index (χ4n) is 3.85. The number of para-hydroxylation sites is 1. The summed E-state index contributed by atoms with van der Waals surface area (Å²) in [5.74, 6) is 1.74. The number of hydrogen-bond donors (Lipinski definition) is 1. The molecule has 28 heavy (non-hydrogen) atoms. The van der Waals surface area contributed by atoms with Gasteiger partial charge < -0.3 is 24.1 Å². The number of H-pyrrole nitrogens is 1. The van der Waals surface area contributed by atoms with E-state index in [2.05, 4.69) is 4.98 Å². The van der Waals surface area contributed by atoms with Crippen molar-refractivity contribution in [2.75, 3.05) is 32.1 Å². The number of fused-ring (bicyclic) bond motifs is 2. The van der Waals surface area contributed by atoms with Gasteiger partial charge in [-0.2, -0.15) is 0 Å². The van der Waals surface area contributed by atoms with Gasteiger partial charge in [0.15, 0.2) is 11.5 Å². The number of halogens is 1. The Morgan fingerprint density at radius 3 is 2.57 bits per heavy atom. The highest BCUT2D eigenvalue weighted by Gasteiger charge is 2.34. The molecule has 0 saturated carbocycles. The van der Waals surface area contributed by atoms with Gasteiger partial charge in [0, 0.05) is 17.0 Å². The monoisotopic (exact) mass is 400 g/mol. The van der Waals surface area contributed by atoms with Crippen LogP contribution in [0.1, 0.15) is 16.1 Å². The van der Waals surface area contributed by atoms with Crippen molar-refractivity contribution in [2.45, 2.75) is 12.5 Å². The van der Waals surface area contributed by atoms with E-state index in [1.54, 1.807) is 32.3 Å². The number of nitrogens with one attached hydrogen (secondary N) is 1. The van der Waals surface area contributed by atoms with E-state index < -0.39 is 0 Å². The molecule has 0 aliphatic carbocycles. The molecule has 146 valence electrons. The second-order valence-electron chi connectivity index (χ2n) is 6.61. The van der Waals surface area contributed by atoms with Gasteiger partial charge in [0.05, 0.1) is 32.9 Å². The zero-order valence-corrected chi connectivity index (χ0v) is 16.7. The fourth-order valence-corrected chi connectivity index (χ4v) is 4.10. The lowest BCUT2D eigenvalue weighted by Crippen LogP contribution is -2.39. The van der Waals surface area contributed by atoms with Gasteiger partial charge in [0.2, 0.25) is 5.75 Å². The molecule has 2 heterocycles. The van der Waals surface area contributed by atoms with E-state index in [-0.39, 0.29) is 11.9 Å². The molecule has 1 N–H and O–H groups in total. The van der Waals surface area contributed by atoms with Crippen molar-refractivity contribution < 1.29 is 19.0 Å². The molecule has 1 aliphatic rings. The highest BCUT2D eigenvalue weighted by molar-refractivity contribution is 6.19. The summed E-state index contributed by atoms with van der Waals surface area (Å²) in [6.07, 6.45) is 0.747. The van der Waals surface area contributed by atoms with Crippen LogP contribution in [-0.2, 0) is 6.42 Å². The molecule has 0 fully saturated rings. The van der Waals surface area contributed by atoms with Crippen molar-refractivity contribution >= 4 is 34.1 Å². The first-order valence-corrected chi connectivity index (χ1v) is 9.45. The van der Waals surface area contributed by atoms with Crippen LogP contribution in [0.3, 0.4) is 0 Å². The van der Waals surface area contributed by atoms with Crippen molar-refractivity contribution in [1.82, 2.24) is 4.98 Å². The molecule has 0 saturated heterocycles. The molecule has 7 heteroatoms. The van der Waals surface area contributed by atoms with Gasteiger partial charge in [-0.1, -0.05) is 18.2 Å². The topological polar surface area (TPSA) is 63.8 Å². The number of carbonyl (C=O) groups excluding carboxylic acids is 1. The summed E-state index contributed by atoms with van der Waals surface area (Å²) >= 11 is 6.17. The van der Waals surface area contributed by atoms with Gasteiger partial charge in [-0.05, 0) is 30.2 Å². The maximum atomic E-state index is 13.4. The molecule has 0 radical (unpaired) electrons. The highest BCUT2D eigenvalue weighted by atomic mass is 35.5. The van der Waals surface area contributed by atoms with Crippen LogP contribution < -0.4 is 19.1 Å². The number of rotatable bonds is 5. The predicted octanol–water partition coefficient (Wildman–Crippen LogP) is 4.00. The van der Waals surface area contributed by atoms with E-state index >= 15 is 0 Å². The molecule has 4 rings (SSSR count). The van der Waals surface area contributed by atoms with Gasteiger partial charge in [-0.25, -0.2) is 0 Å². The van der Waals surface area contributed by atoms with Gasteiger partial charge >= 0.3 is 0 Å². The summed E-state index contributed by atoms with van der Waals surface area (Å²) in [5, 5.41) is 0.799. The summed E-state index contributed by atoms with van der Waals surface area (Å²) < 4.78 is 16.4. The second-order valence-corrected chi connectivity index (χ2v) is 6.92. The number of nitrogens with zero attached hydrogens (tertiary/aromatic N) is 1. The normalized spacial score (nSPS) is 15.6. The zero-order chi connectivity index (χ0) is 19.8. The fraction of sp³-hybridized carbons (Fsp3) is 0.286. The molecule has 2 aromatic carbocycles. The van der Waals surface area contributed by atoms with E-state index in [1.807, 2.05) is 30.3 Å². The summed E-state index contributed by atoms with van der Waals surface area (Å²) in [4.78, 5) is 18.4. The third-order valence-electron chi connectivity index (χ3n) is 5.12. The molecule has 6 nitrogen and oxygen atoms in total. The van der Waals surface area contributed by atoms with E-state index in [0.717, 1.165) is 23.1 Å². The second kappa shape index (κ2) is 7.28. The summed E-state index contributed by atoms with van der Waals surface area (Å²) in [5.41, 5.74) is 3.16. The number of aromatic nitrogens is 1. The Labute approximate surface area is 167 Å². The number of carbonyl (C=O) groups is 1. The standard InChI is InChI=1S/C21H21ClN2O4/c1-26-17-10-13-9-15(23-18(13)20(28-3)19(17)27-2)21(25)24-14(11-22)8-12-6-4-5-7-16(12)24/h4-7,9-10,14,23H,8,11H2,1-3H3. The Morgan fingerprint density at radius 1 is 1.14 bits per heavy atom. The van der Waals surface area contributed by atoms with Crippen LogP contribution in [0, 0.1) is 0 Å². The first-order valence-electron chi connectivity index (χ1n) is 8.92. The SMILES string of the molecule is COc1cc2cc(C(=O)N3c4ccccc4CC3CCl)[nH]c2c(OC)c1OC. The minimum absolute atomic E-state index is 0.0797. The highest BCUT2D eigenvalue weighted by Crippen LogP contribution is 2.43. The van der Waals surface area contributed by atoms with Crippen molar-refractivity contribution in [2.24, 2.45) is 0 Å². The van der Waals surface area contributed by atoms with E-state index in [4.69, 9.17) is 25.8 Å². The van der Waals surface area contributed by atoms with Crippen LogP contribution in [0.15, 0.2) is 36.4 Å². The summed E-state index contributed by atoms with van der Waals surface area (Å²) in [7, 11) is 4.67. The predicted molar refractivity (Wildman–Crippen MR) is 109 cm³/mol. The number of aromatic amines is 1. The average molecular weight is 401 g/mol. The Hall–Kier alpha value is -2.86. The Bertz CT molecular complexity index is 1050. The van der Waals surface area contributed by atoms with E-state index in [0.29, 0.717) is 34.3 Å². The van der Waals surface area contributed by atoms with E-state index in [9.17, 15) is 4.79 Å². The number of alkyl halides is 1. The van der Waals surface area contributed by atoms with Gasteiger partial charge in [-0.15, -0.1) is 11.6 Å². The molecule has 1 atom stereocenters. The van der Waals surface area contributed by atoms with Gasteiger partial charge in [0.25, 0.3) is 5.91 Å². The van der Waals surface area contributed by atoms with Crippen LogP contribution in [-0.4, -0.2) is 44.1 Å². The number of anilines is 1. The Balaban J connectivity index is 1.82. The number of benzene rings is 2. The lowest BCUT2D eigenvalue weighted by molar-refractivity contribution is 0.0977. The molecule has 1 amide bonds. The van der Waals surface area contributed by atoms with Crippen molar-refractivity contribution in [3.05, 3.63) is 47.7 Å². The molecular weight excluding hydrogens is 380 g/mol. The first-order chi connectivity index (χ1) is 13.6. The largest absolute Gasteiger partial charge is 0.493 e.